The van der Waals surface area contributed by atoms with Crippen LogP contribution in [0.15, 0.2) is 60.9 Å². The predicted molar refractivity (Wildman–Crippen MR) is 168 cm³/mol. The van der Waals surface area contributed by atoms with Crippen LogP contribution in [-0.4, -0.2) is 43.0 Å². The van der Waals surface area contributed by atoms with Crippen LogP contribution in [0.5, 0.6) is 0 Å². The zero-order valence-corrected chi connectivity index (χ0v) is 25.3. The van der Waals surface area contributed by atoms with Gasteiger partial charge in [-0.1, -0.05) is 61.4 Å². The molecular formula is C34H47N3O4. The van der Waals surface area contributed by atoms with Crippen LogP contribution in [0.4, 0.5) is 11.4 Å². The molecule has 0 amide bonds. The Hall–Kier alpha value is -3.10. The molecule has 3 aromatic rings. The van der Waals surface area contributed by atoms with E-state index in [4.69, 9.17) is 14.2 Å². The van der Waals surface area contributed by atoms with Crippen LogP contribution in [0.25, 0.3) is 10.8 Å². The number of rotatable bonds is 15. The van der Waals surface area contributed by atoms with Crippen molar-refractivity contribution in [1.82, 2.24) is 5.32 Å². The van der Waals surface area contributed by atoms with Crippen molar-refractivity contribution in [3.63, 3.8) is 0 Å². The lowest BCUT2D eigenvalue weighted by atomic mass is 10.0. The van der Waals surface area contributed by atoms with E-state index in [0.29, 0.717) is 20.1 Å². The number of aliphatic hydroxyl groups is 1. The largest absolute Gasteiger partial charge is 0.511 e. The van der Waals surface area contributed by atoms with Crippen LogP contribution >= 0.6 is 0 Å². The van der Waals surface area contributed by atoms with Crippen LogP contribution in [0.2, 0.25) is 0 Å². The highest BCUT2D eigenvalue weighted by Crippen LogP contribution is 2.34. The first kappa shape index (κ1) is 30.8. The van der Waals surface area contributed by atoms with Crippen LogP contribution < -0.4 is 16.0 Å². The summed E-state index contributed by atoms with van der Waals surface area (Å²) in [7, 11) is 0. The maximum absolute atomic E-state index is 10.3. The van der Waals surface area contributed by atoms with Crippen molar-refractivity contribution in [1.29, 1.82) is 0 Å². The lowest BCUT2D eigenvalue weighted by molar-refractivity contribution is -0.0869. The molecule has 7 nitrogen and oxygen atoms in total. The maximum atomic E-state index is 10.3. The summed E-state index contributed by atoms with van der Waals surface area (Å²) in [4.78, 5) is 0. The van der Waals surface area contributed by atoms with Gasteiger partial charge in [0.1, 0.15) is 19.2 Å². The molecule has 1 aliphatic rings. The summed E-state index contributed by atoms with van der Waals surface area (Å²) in [6, 6.07) is 16.5. The molecule has 0 radical (unpaired) electrons. The first-order valence-corrected chi connectivity index (χ1v) is 14.7. The molecule has 0 aromatic heterocycles. The van der Waals surface area contributed by atoms with Gasteiger partial charge in [-0.3, -0.25) is 5.32 Å². The van der Waals surface area contributed by atoms with Crippen LogP contribution in [0, 0.1) is 20.8 Å². The van der Waals surface area contributed by atoms with Crippen molar-refractivity contribution in [2.75, 3.05) is 30.8 Å². The molecule has 1 saturated carbocycles. The van der Waals surface area contributed by atoms with E-state index < -0.39 is 6.04 Å². The van der Waals surface area contributed by atoms with Gasteiger partial charge in [0.15, 0.2) is 0 Å². The Balaban J connectivity index is 1.32. The molecule has 2 unspecified atom stereocenters. The van der Waals surface area contributed by atoms with Gasteiger partial charge in [0, 0.05) is 16.9 Å². The fraction of sp³-hybridized carbons (Fsp3) is 0.471. The quantitative estimate of drug-likeness (QED) is 0.0871. The van der Waals surface area contributed by atoms with Crippen molar-refractivity contribution in [2.45, 2.75) is 84.7 Å². The molecule has 0 spiro atoms. The molecule has 1 fully saturated rings. The van der Waals surface area contributed by atoms with Crippen molar-refractivity contribution in [2.24, 2.45) is 0 Å². The molecule has 2 atom stereocenters. The Morgan fingerprint density at radius 2 is 1.56 bits per heavy atom. The Morgan fingerprint density at radius 1 is 0.927 bits per heavy atom. The van der Waals surface area contributed by atoms with Crippen LogP contribution in [-0.2, 0) is 20.8 Å². The topological polar surface area (TPSA) is 84.0 Å². The first-order valence-electron chi connectivity index (χ1n) is 14.7. The van der Waals surface area contributed by atoms with Crippen molar-refractivity contribution >= 4 is 22.1 Å². The summed E-state index contributed by atoms with van der Waals surface area (Å²) < 4.78 is 18.3. The number of nitrogens with one attached hydrogen (secondary N) is 3. The van der Waals surface area contributed by atoms with E-state index in [9.17, 15) is 5.11 Å². The second kappa shape index (κ2) is 14.2. The summed E-state index contributed by atoms with van der Waals surface area (Å²) in [6.07, 6.45) is 4.22. The zero-order chi connectivity index (χ0) is 29.4. The third kappa shape index (κ3) is 8.46. The Kier molecular flexibility index (Phi) is 10.7. The van der Waals surface area contributed by atoms with E-state index in [1.165, 1.54) is 29.5 Å². The molecule has 222 valence electrons. The van der Waals surface area contributed by atoms with E-state index >= 15 is 0 Å². The number of hydrogen-bond donors (Lipinski definition) is 4. The van der Waals surface area contributed by atoms with Crippen LogP contribution in [0.1, 0.15) is 61.8 Å². The molecule has 7 heteroatoms. The van der Waals surface area contributed by atoms with Crippen molar-refractivity contribution < 1.29 is 19.3 Å². The highest BCUT2D eigenvalue weighted by Gasteiger charge is 2.34. The molecule has 0 bridgehead atoms. The SMILES string of the molecule is C=C(O)C(NCOCc1cc2ccccc2cc1NCOCNc1c(C)cc(C)cc1C)C(C)OC1(C)CCCC1. The monoisotopic (exact) mass is 561 g/mol. The summed E-state index contributed by atoms with van der Waals surface area (Å²) in [5.74, 6) is 0.0533. The Bertz CT molecular complexity index is 1300. The number of hydrogen-bond acceptors (Lipinski definition) is 7. The summed E-state index contributed by atoms with van der Waals surface area (Å²) >= 11 is 0. The molecule has 0 saturated heterocycles. The highest BCUT2D eigenvalue weighted by atomic mass is 16.5. The fourth-order valence-electron chi connectivity index (χ4n) is 5.96. The third-order valence-electron chi connectivity index (χ3n) is 7.99. The smallest absolute Gasteiger partial charge is 0.118 e. The van der Waals surface area contributed by atoms with Gasteiger partial charge in [0.05, 0.1) is 31.1 Å². The average Bonchev–Trinajstić information content (AvgIpc) is 3.34. The Morgan fingerprint density at radius 3 is 2.22 bits per heavy atom. The van der Waals surface area contributed by atoms with E-state index in [1.807, 2.05) is 19.1 Å². The minimum Gasteiger partial charge on any atom is -0.511 e. The second-order valence-corrected chi connectivity index (χ2v) is 11.6. The second-order valence-electron chi connectivity index (χ2n) is 11.6. The minimum absolute atomic E-state index is 0.0533. The van der Waals surface area contributed by atoms with Gasteiger partial charge in [-0.25, -0.2) is 0 Å². The fourth-order valence-corrected chi connectivity index (χ4v) is 5.96. The van der Waals surface area contributed by atoms with E-state index in [-0.39, 0.29) is 24.2 Å². The standard InChI is InChI=1S/C34H47N3O4/c1-23-15-24(2)32(25(3)16-23)36-22-40-20-35-31-18-29-12-8-7-11-28(29)17-30(31)19-39-21-37-33(26(4)38)27(5)41-34(6)13-9-10-14-34/h7-8,11-12,15-18,27,33,35-38H,4,9-10,13-14,19-22H2,1-3,5-6H3. The van der Waals surface area contributed by atoms with Gasteiger partial charge < -0.3 is 30.0 Å². The predicted octanol–water partition coefficient (Wildman–Crippen LogP) is 7.46. The molecular weight excluding hydrogens is 514 g/mol. The van der Waals surface area contributed by atoms with E-state index in [2.05, 4.69) is 86.6 Å². The normalized spacial score (nSPS) is 16.0. The number of aliphatic hydroxyl groups excluding tert-OH is 1. The number of benzene rings is 3. The van der Waals surface area contributed by atoms with E-state index in [1.54, 1.807) is 0 Å². The maximum Gasteiger partial charge on any atom is 0.118 e. The zero-order valence-electron chi connectivity index (χ0n) is 25.3. The number of anilines is 2. The summed E-state index contributed by atoms with van der Waals surface area (Å²) in [6.45, 7) is 15.6. The molecule has 41 heavy (non-hydrogen) atoms. The van der Waals surface area contributed by atoms with Crippen LogP contribution in [0.3, 0.4) is 0 Å². The summed E-state index contributed by atoms with van der Waals surface area (Å²) in [5, 5.41) is 22.6. The van der Waals surface area contributed by atoms with Crippen molar-refractivity contribution in [3.05, 3.63) is 83.1 Å². The van der Waals surface area contributed by atoms with Gasteiger partial charge in [-0.05, 0) is 81.5 Å². The lowest BCUT2D eigenvalue weighted by Gasteiger charge is -2.33. The van der Waals surface area contributed by atoms with Crippen molar-refractivity contribution in [3.8, 4) is 0 Å². The Labute approximate surface area is 245 Å². The van der Waals surface area contributed by atoms with Gasteiger partial charge in [0.25, 0.3) is 0 Å². The summed E-state index contributed by atoms with van der Waals surface area (Å²) in [5.41, 5.74) is 6.63. The van der Waals surface area contributed by atoms with Gasteiger partial charge >= 0.3 is 0 Å². The molecule has 3 aromatic carbocycles. The minimum atomic E-state index is -0.414. The van der Waals surface area contributed by atoms with E-state index in [0.717, 1.165) is 40.6 Å². The molecule has 4 N–H and O–H groups in total. The number of fused-ring (bicyclic) bond motifs is 1. The lowest BCUT2D eigenvalue weighted by Crippen LogP contribution is -2.45. The average molecular weight is 562 g/mol. The first-order chi connectivity index (χ1) is 19.6. The highest BCUT2D eigenvalue weighted by molar-refractivity contribution is 5.87. The molecule has 0 aliphatic heterocycles. The third-order valence-corrected chi connectivity index (χ3v) is 7.99. The van der Waals surface area contributed by atoms with Gasteiger partial charge in [-0.2, -0.15) is 0 Å². The number of aryl methyl sites for hydroxylation is 3. The van der Waals surface area contributed by atoms with Gasteiger partial charge in [0.2, 0.25) is 0 Å². The number of ether oxygens (including phenoxy) is 3. The van der Waals surface area contributed by atoms with Gasteiger partial charge in [-0.15, -0.1) is 0 Å². The molecule has 4 rings (SSSR count). The molecule has 1 aliphatic carbocycles. The molecule has 0 heterocycles.